The number of nitrogens with zero attached hydrogens (tertiary/aromatic N) is 1. The maximum absolute atomic E-state index is 13.0. The van der Waals surface area contributed by atoms with Crippen molar-refractivity contribution in [3.63, 3.8) is 0 Å². The standard InChI is InChI=1S/C21H24N2O2S/c24-15-21(10-7-16-5-2-1-3-6-16)9-4-11-23(14-21)20(25)18-13-19-17(22-18)8-12-26-19/h1-3,5-6,8,12-13,22,24H,4,7,9-11,14-15H2. The Balaban J connectivity index is 1.47. The normalized spacial score (nSPS) is 20.6. The lowest BCUT2D eigenvalue weighted by Gasteiger charge is -2.42. The van der Waals surface area contributed by atoms with E-state index in [1.165, 1.54) is 5.56 Å². The quantitative estimate of drug-likeness (QED) is 0.713. The highest BCUT2D eigenvalue weighted by Crippen LogP contribution is 2.35. The van der Waals surface area contributed by atoms with Gasteiger partial charge in [0, 0.05) is 18.5 Å². The fraction of sp³-hybridized carbons (Fsp3) is 0.381. The first-order valence-electron chi connectivity index (χ1n) is 9.19. The molecule has 0 saturated carbocycles. The smallest absolute Gasteiger partial charge is 0.270 e. The number of aryl methyl sites for hydroxylation is 1. The molecule has 1 aromatic carbocycles. The maximum atomic E-state index is 13.0. The minimum absolute atomic E-state index is 0.0469. The summed E-state index contributed by atoms with van der Waals surface area (Å²) in [4.78, 5) is 18.1. The molecule has 136 valence electrons. The number of hydrogen-bond donors (Lipinski definition) is 2. The first kappa shape index (κ1) is 17.3. The first-order chi connectivity index (χ1) is 12.7. The van der Waals surface area contributed by atoms with Crippen LogP contribution in [0.4, 0.5) is 0 Å². The zero-order chi connectivity index (χ0) is 18.0. The van der Waals surface area contributed by atoms with E-state index >= 15 is 0 Å². The predicted molar refractivity (Wildman–Crippen MR) is 106 cm³/mol. The number of carbonyl (C=O) groups is 1. The van der Waals surface area contributed by atoms with Gasteiger partial charge in [-0.15, -0.1) is 11.3 Å². The van der Waals surface area contributed by atoms with Crippen molar-refractivity contribution in [3.05, 3.63) is 59.1 Å². The number of H-pyrrole nitrogens is 1. The molecule has 0 spiro atoms. The van der Waals surface area contributed by atoms with Gasteiger partial charge in [-0.05, 0) is 48.8 Å². The summed E-state index contributed by atoms with van der Waals surface area (Å²) in [5.41, 5.74) is 2.76. The van der Waals surface area contributed by atoms with Crippen molar-refractivity contribution < 1.29 is 9.90 Å². The molecule has 1 atom stereocenters. The van der Waals surface area contributed by atoms with Crippen molar-refractivity contribution in [1.82, 2.24) is 9.88 Å². The summed E-state index contributed by atoms with van der Waals surface area (Å²) in [6.07, 6.45) is 3.74. The van der Waals surface area contributed by atoms with E-state index in [-0.39, 0.29) is 17.9 Å². The Labute approximate surface area is 157 Å². The van der Waals surface area contributed by atoms with Crippen LogP contribution in [-0.2, 0) is 6.42 Å². The molecule has 0 aliphatic carbocycles. The summed E-state index contributed by atoms with van der Waals surface area (Å²) in [6, 6.07) is 14.3. The third kappa shape index (κ3) is 3.41. The van der Waals surface area contributed by atoms with Crippen LogP contribution in [0.5, 0.6) is 0 Å². The number of likely N-dealkylation sites (tertiary alicyclic amines) is 1. The summed E-state index contributed by atoms with van der Waals surface area (Å²) in [7, 11) is 0. The van der Waals surface area contributed by atoms with E-state index in [1.54, 1.807) is 11.3 Å². The average molecular weight is 369 g/mol. The van der Waals surface area contributed by atoms with E-state index < -0.39 is 0 Å². The van der Waals surface area contributed by atoms with Crippen LogP contribution in [0.3, 0.4) is 0 Å². The number of carbonyl (C=O) groups excluding carboxylic acids is 1. The topological polar surface area (TPSA) is 56.3 Å². The first-order valence-corrected chi connectivity index (χ1v) is 10.1. The molecule has 1 fully saturated rings. The lowest BCUT2D eigenvalue weighted by molar-refractivity contribution is 0.0225. The third-order valence-corrected chi connectivity index (χ3v) is 6.41. The molecule has 2 aromatic heterocycles. The number of aliphatic hydroxyl groups excluding tert-OH is 1. The van der Waals surface area contributed by atoms with E-state index in [0.29, 0.717) is 12.2 Å². The molecule has 1 aliphatic heterocycles. The number of piperidine rings is 1. The Morgan fingerprint density at radius 3 is 2.88 bits per heavy atom. The van der Waals surface area contributed by atoms with Crippen molar-refractivity contribution in [2.45, 2.75) is 25.7 Å². The Bertz CT molecular complexity index is 857. The van der Waals surface area contributed by atoms with Crippen LogP contribution in [0.15, 0.2) is 47.8 Å². The van der Waals surface area contributed by atoms with Crippen molar-refractivity contribution in [2.24, 2.45) is 5.41 Å². The number of aromatic amines is 1. The average Bonchev–Trinajstić information content (AvgIpc) is 3.29. The van der Waals surface area contributed by atoms with Crippen LogP contribution >= 0.6 is 11.3 Å². The Hall–Kier alpha value is -2.11. The lowest BCUT2D eigenvalue weighted by Crippen LogP contribution is -2.48. The molecule has 26 heavy (non-hydrogen) atoms. The third-order valence-electron chi connectivity index (χ3n) is 5.54. The fourth-order valence-corrected chi connectivity index (χ4v) is 4.76. The minimum atomic E-state index is -0.201. The molecule has 2 N–H and O–H groups in total. The van der Waals surface area contributed by atoms with Gasteiger partial charge in [0.05, 0.1) is 16.8 Å². The van der Waals surface area contributed by atoms with Gasteiger partial charge in [0.25, 0.3) is 5.91 Å². The van der Waals surface area contributed by atoms with Gasteiger partial charge in [-0.2, -0.15) is 0 Å². The summed E-state index contributed by atoms with van der Waals surface area (Å²) < 4.78 is 1.11. The second-order valence-electron chi connectivity index (χ2n) is 7.36. The molecule has 1 saturated heterocycles. The van der Waals surface area contributed by atoms with E-state index in [2.05, 4.69) is 29.2 Å². The number of rotatable bonds is 5. The Morgan fingerprint density at radius 2 is 2.12 bits per heavy atom. The number of amides is 1. The van der Waals surface area contributed by atoms with Crippen LogP contribution in [-0.4, -0.2) is 40.6 Å². The number of benzene rings is 1. The van der Waals surface area contributed by atoms with E-state index in [1.807, 2.05) is 28.5 Å². The molecule has 4 rings (SSSR count). The number of fused-ring (bicyclic) bond motifs is 1. The highest BCUT2D eigenvalue weighted by atomic mass is 32.1. The fourth-order valence-electron chi connectivity index (χ4n) is 3.98. The second-order valence-corrected chi connectivity index (χ2v) is 8.30. The van der Waals surface area contributed by atoms with Crippen LogP contribution in [0.1, 0.15) is 35.3 Å². The van der Waals surface area contributed by atoms with Gasteiger partial charge in [0.2, 0.25) is 0 Å². The van der Waals surface area contributed by atoms with Crippen LogP contribution in [0, 0.1) is 5.41 Å². The van der Waals surface area contributed by atoms with Gasteiger partial charge in [0.15, 0.2) is 0 Å². The monoisotopic (exact) mass is 368 g/mol. The second kappa shape index (κ2) is 7.25. The molecule has 1 aliphatic rings. The molecule has 0 bridgehead atoms. The van der Waals surface area contributed by atoms with Crippen molar-refractivity contribution in [3.8, 4) is 0 Å². The number of thiophene rings is 1. The zero-order valence-electron chi connectivity index (χ0n) is 14.8. The number of aromatic nitrogens is 1. The predicted octanol–water partition coefficient (Wildman–Crippen LogP) is 4.08. The summed E-state index contributed by atoms with van der Waals surface area (Å²) in [5.74, 6) is 0.0469. The molecule has 0 radical (unpaired) electrons. The summed E-state index contributed by atoms with van der Waals surface area (Å²) in [5, 5.41) is 12.2. The molecule has 3 aromatic rings. The molecular formula is C21H24N2O2S. The number of nitrogens with one attached hydrogen (secondary N) is 1. The minimum Gasteiger partial charge on any atom is -0.396 e. The van der Waals surface area contributed by atoms with Gasteiger partial charge >= 0.3 is 0 Å². The number of aliphatic hydroxyl groups is 1. The molecule has 5 heteroatoms. The largest absolute Gasteiger partial charge is 0.396 e. The van der Waals surface area contributed by atoms with Crippen LogP contribution < -0.4 is 0 Å². The molecular weight excluding hydrogens is 344 g/mol. The number of hydrogen-bond acceptors (Lipinski definition) is 3. The Morgan fingerprint density at radius 1 is 1.27 bits per heavy atom. The zero-order valence-corrected chi connectivity index (χ0v) is 15.6. The molecule has 3 heterocycles. The van der Waals surface area contributed by atoms with E-state index in [0.717, 1.165) is 42.4 Å². The summed E-state index contributed by atoms with van der Waals surface area (Å²) >= 11 is 1.64. The van der Waals surface area contributed by atoms with Gasteiger partial charge in [-0.1, -0.05) is 30.3 Å². The van der Waals surface area contributed by atoms with Crippen molar-refractivity contribution in [2.75, 3.05) is 19.7 Å². The summed E-state index contributed by atoms with van der Waals surface area (Å²) in [6.45, 7) is 1.52. The van der Waals surface area contributed by atoms with Gasteiger partial charge < -0.3 is 15.0 Å². The van der Waals surface area contributed by atoms with Crippen LogP contribution in [0.2, 0.25) is 0 Å². The van der Waals surface area contributed by atoms with Crippen molar-refractivity contribution in [1.29, 1.82) is 0 Å². The van der Waals surface area contributed by atoms with E-state index in [9.17, 15) is 9.90 Å². The highest BCUT2D eigenvalue weighted by Gasteiger charge is 2.37. The lowest BCUT2D eigenvalue weighted by atomic mass is 9.76. The van der Waals surface area contributed by atoms with Gasteiger partial charge in [-0.25, -0.2) is 0 Å². The highest BCUT2D eigenvalue weighted by molar-refractivity contribution is 7.17. The molecule has 1 amide bonds. The molecule has 1 unspecified atom stereocenters. The van der Waals surface area contributed by atoms with Gasteiger partial charge in [0.1, 0.15) is 5.69 Å². The van der Waals surface area contributed by atoms with Gasteiger partial charge in [-0.3, -0.25) is 4.79 Å². The van der Waals surface area contributed by atoms with Crippen LogP contribution in [0.25, 0.3) is 10.2 Å². The maximum Gasteiger partial charge on any atom is 0.270 e. The molecule has 4 nitrogen and oxygen atoms in total. The van der Waals surface area contributed by atoms with E-state index in [4.69, 9.17) is 0 Å². The SMILES string of the molecule is O=C(c1cc2sccc2[nH]1)N1CCCC(CO)(CCc2ccccc2)C1. The van der Waals surface area contributed by atoms with Crippen molar-refractivity contribution >= 4 is 27.5 Å². The Kier molecular flexibility index (Phi) is 4.83.